The summed E-state index contributed by atoms with van der Waals surface area (Å²) in [6.07, 6.45) is 0. The molecule has 2 aromatic rings. The average molecular weight is 408 g/mol. The number of hydrogen-bond donors (Lipinski definition) is 1. The molecular formula is C19H22ClN3O5. The van der Waals surface area contributed by atoms with E-state index in [9.17, 15) is 14.9 Å². The van der Waals surface area contributed by atoms with Gasteiger partial charge in [-0.1, -0.05) is 30.3 Å². The van der Waals surface area contributed by atoms with Gasteiger partial charge in [-0.15, -0.1) is 12.4 Å². The van der Waals surface area contributed by atoms with Crippen molar-refractivity contribution in [3.63, 3.8) is 0 Å². The fourth-order valence-corrected chi connectivity index (χ4v) is 3.17. The van der Waals surface area contributed by atoms with Gasteiger partial charge in [0.25, 0.3) is 5.91 Å². The highest BCUT2D eigenvalue weighted by Gasteiger charge is 2.30. The van der Waals surface area contributed by atoms with Crippen LogP contribution in [0.3, 0.4) is 0 Å². The Morgan fingerprint density at radius 3 is 2.61 bits per heavy atom. The van der Waals surface area contributed by atoms with Crippen LogP contribution in [0.15, 0.2) is 48.5 Å². The Kier molecular flexibility index (Phi) is 7.60. The summed E-state index contributed by atoms with van der Waals surface area (Å²) in [6, 6.07) is 13.4. The van der Waals surface area contributed by atoms with E-state index in [-0.39, 0.29) is 42.4 Å². The zero-order chi connectivity index (χ0) is 19.2. The third-order valence-corrected chi connectivity index (χ3v) is 4.47. The number of halogens is 1. The molecule has 1 heterocycles. The smallest absolute Gasteiger partial charge is 0.310 e. The van der Waals surface area contributed by atoms with Gasteiger partial charge in [-0.05, 0) is 12.1 Å². The highest BCUT2D eigenvalue weighted by Crippen LogP contribution is 2.31. The highest BCUT2D eigenvalue weighted by molar-refractivity contribution is 5.85. The minimum absolute atomic E-state index is 0. The molecule has 9 heteroatoms. The number of carbonyl (C=O) groups excluding carboxylic acids is 1. The van der Waals surface area contributed by atoms with Crippen LogP contribution in [-0.2, 0) is 4.79 Å². The molecule has 0 aliphatic carbocycles. The first kappa shape index (κ1) is 21.5. The van der Waals surface area contributed by atoms with E-state index in [0.717, 1.165) is 5.56 Å². The maximum Gasteiger partial charge on any atom is 0.310 e. The van der Waals surface area contributed by atoms with Crippen molar-refractivity contribution in [2.24, 2.45) is 0 Å². The van der Waals surface area contributed by atoms with Gasteiger partial charge >= 0.3 is 5.69 Å². The van der Waals surface area contributed by atoms with E-state index >= 15 is 0 Å². The number of nitro benzene ring substituents is 1. The van der Waals surface area contributed by atoms with E-state index in [1.54, 1.807) is 24.1 Å². The second-order valence-electron chi connectivity index (χ2n) is 6.06. The average Bonchev–Trinajstić information content (AvgIpc) is 2.72. The van der Waals surface area contributed by atoms with Gasteiger partial charge in [-0.2, -0.15) is 0 Å². The van der Waals surface area contributed by atoms with Crippen molar-refractivity contribution in [1.82, 2.24) is 10.2 Å². The first-order chi connectivity index (χ1) is 13.1. The summed E-state index contributed by atoms with van der Waals surface area (Å²) in [4.78, 5) is 25.1. The molecule has 0 spiro atoms. The molecule has 0 saturated carbocycles. The molecule has 1 unspecified atom stereocenters. The van der Waals surface area contributed by atoms with Crippen LogP contribution >= 0.6 is 12.4 Å². The fraction of sp³-hybridized carbons (Fsp3) is 0.316. The van der Waals surface area contributed by atoms with Crippen molar-refractivity contribution < 1.29 is 19.2 Å². The number of amides is 1. The number of nitrogens with one attached hydrogen (secondary N) is 1. The van der Waals surface area contributed by atoms with Crippen LogP contribution in [-0.4, -0.2) is 49.1 Å². The molecule has 8 nitrogen and oxygen atoms in total. The number of nitrogens with zero attached hydrogens (tertiary/aromatic N) is 2. The topological polar surface area (TPSA) is 93.9 Å². The Bertz CT molecular complexity index is 833. The van der Waals surface area contributed by atoms with Gasteiger partial charge in [0.2, 0.25) is 0 Å². The highest BCUT2D eigenvalue weighted by atomic mass is 35.5. The summed E-state index contributed by atoms with van der Waals surface area (Å²) in [5.74, 6) is 0.564. The number of methoxy groups -OCH3 is 1. The number of benzene rings is 2. The monoisotopic (exact) mass is 407 g/mol. The minimum atomic E-state index is -0.526. The molecule has 0 radical (unpaired) electrons. The van der Waals surface area contributed by atoms with Gasteiger partial charge in [0.05, 0.1) is 18.1 Å². The Morgan fingerprint density at radius 1 is 1.21 bits per heavy atom. The fourth-order valence-electron chi connectivity index (χ4n) is 3.17. The lowest BCUT2D eigenvalue weighted by molar-refractivity contribution is -0.385. The van der Waals surface area contributed by atoms with Crippen LogP contribution in [0.4, 0.5) is 5.69 Å². The van der Waals surface area contributed by atoms with Gasteiger partial charge in [0, 0.05) is 31.3 Å². The first-order valence-corrected chi connectivity index (χ1v) is 8.61. The summed E-state index contributed by atoms with van der Waals surface area (Å²) < 4.78 is 10.9. The second-order valence-corrected chi connectivity index (χ2v) is 6.06. The molecule has 1 N–H and O–H groups in total. The van der Waals surface area contributed by atoms with Crippen molar-refractivity contribution in [3.8, 4) is 11.5 Å². The SMILES string of the molecule is COc1ccccc1C1CNCCN1C(=O)COc1ccccc1[N+](=O)[O-].Cl. The summed E-state index contributed by atoms with van der Waals surface area (Å²) in [7, 11) is 1.60. The number of rotatable bonds is 6. The van der Waals surface area contributed by atoms with Crippen LogP contribution in [0.25, 0.3) is 0 Å². The minimum Gasteiger partial charge on any atom is -0.496 e. The first-order valence-electron chi connectivity index (χ1n) is 8.61. The van der Waals surface area contributed by atoms with E-state index in [1.807, 2.05) is 24.3 Å². The standard InChI is InChI=1S/C19H21N3O5.ClH/c1-26-17-8-4-2-6-14(17)16-12-20-10-11-21(16)19(23)13-27-18-9-5-3-7-15(18)22(24)25;/h2-9,16,20H,10-13H2,1H3;1H. The van der Waals surface area contributed by atoms with Gasteiger partial charge in [-0.25, -0.2) is 0 Å². The maximum atomic E-state index is 12.8. The zero-order valence-electron chi connectivity index (χ0n) is 15.4. The van der Waals surface area contributed by atoms with Crippen LogP contribution in [0.1, 0.15) is 11.6 Å². The summed E-state index contributed by atoms with van der Waals surface area (Å²) in [5.41, 5.74) is 0.748. The van der Waals surface area contributed by atoms with Crippen LogP contribution in [0, 0.1) is 10.1 Å². The van der Waals surface area contributed by atoms with Crippen LogP contribution < -0.4 is 14.8 Å². The zero-order valence-corrected chi connectivity index (χ0v) is 16.2. The van der Waals surface area contributed by atoms with Crippen LogP contribution in [0.2, 0.25) is 0 Å². The van der Waals surface area contributed by atoms with Gasteiger partial charge in [0.15, 0.2) is 12.4 Å². The predicted molar refractivity (Wildman–Crippen MR) is 106 cm³/mol. The van der Waals surface area contributed by atoms with Crippen molar-refractivity contribution >= 4 is 24.0 Å². The van der Waals surface area contributed by atoms with Crippen LogP contribution in [0.5, 0.6) is 11.5 Å². The number of nitro groups is 1. The Hall–Kier alpha value is -2.84. The number of carbonyl (C=O) groups is 1. The molecule has 0 aromatic heterocycles. The Labute approximate surface area is 169 Å². The van der Waals surface area contributed by atoms with E-state index in [0.29, 0.717) is 25.4 Å². The van der Waals surface area contributed by atoms with E-state index in [2.05, 4.69) is 5.32 Å². The molecule has 1 amide bonds. The molecule has 1 atom stereocenters. The molecule has 1 fully saturated rings. The molecule has 1 aliphatic rings. The molecule has 1 aliphatic heterocycles. The van der Waals surface area contributed by atoms with Gasteiger partial charge in [-0.3, -0.25) is 14.9 Å². The van der Waals surface area contributed by atoms with E-state index in [1.165, 1.54) is 12.1 Å². The number of para-hydroxylation sites is 3. The molecule has 2 aromatic carbocycles. The number of hydrogen-bond acceptors (Lipinski definition) is 6. The molecule has 1 saturated heterocycles. The van der Waals surface area contributed by atoms with Crippen molar-refractivity contribution in [3.05, 3.63) is 64.2 Å². The number of ether oxygens (including phenoxy) is 2. The van der Waals surface area contributed by atoms with E-state index < -0.39 is 4.92 Å². The molecule has 0 bridgehead atoms. The van der Waals surface area contributed by atoms with E-state index in [4.69, 9.17) is 9.47 Å². The quantitative estimate of drug-likeness (QED) is 0.584. The summed E-state index contributed by atoms with van der Waals surface area (Å²) in [5, 5.41) is 14.4. The Balaban J connectivity index is 0.00000280. The van der Waals surface area contributed by atoms with Gasteiger partial charge < -0.3 is 19.7 Å². The molecule has 3 rings (SSSR count). The normalized spacial score (nSPS) is 16.0. The van der Waals surface area contributed by atoms with Gasteiger partial charge in [0.1, 0.15) is 5.75 Å². The lowest BCUT2D eigenvalue weighted by Gasteiger charge is -2.37. The Morgan fingerprint density at radius 2 is 1.89 bits per heavy atom. The van der Waals surface area contributed by atoms with Crippen molar-refractivity contribution in [1.29, 1.82) is 0 Å². The maximum absolute atomic E-state index is 12.8. The third-order valence-electron chi connectivity index (χ3n) is 4.47. The summed E-state index contributed by atoms with van der Waals surface area (Å²) in [6.45, 7) is 1.51. The predicted octanol–water partition coefficient (Wildman–Crippen LogP) is 2.58. The lowest BCUT2D eigenvalue weighted by Crippen LogP contribution is -2.50. The molecule has 150 valence electrons. The second kappa shape index (κ2) is 9.91. The number of piperazine rings is 1. The van der Waals surface area contributed by atoms with Crippen molar-refractivity contribution in [2.75, 3.05) is 33.4 Å². The largest absolute Gasteiger partial charge is 0.496 e. The van der Waals surface area contributed by atoms with Crippen molar-refractivity contribution in [2.45, 2.75) is 6.04 Å². The third kappa shape index (κ3) is 4.71. The molecule has 28 heavy (non-hydrogen) atoms. The molecular weight excluding hydrogens is 386 g/mol. The lowest BCUT2D eigenvalue weighted by atomic mass is 10.0. The summed E-state index contributed by atoms with van der Waals surface area (Å²) >= 11 is 0.